The summed E-state index contributed by atoms with van der Waals surface area (Å²) in [6.07, 6.45) is 3.21. The first kappa shape index (κ1) is 13.0. The summed E-state index contributed by atoms with van der Waals surface area (Å²) in [5.74, 6) is 1.10. The molecular formula is C15H15N5O2. The number of likely N-dealkylation sites (tertiary alicyclic amines) is 1. The second-order valence-corrected chi connectivity index (χ2v) is 5.48. The zero-order chi connectivity index (χ0) is 14.9. The molecule has 0 spiro atoms. The van der Waals surface area contributed by atoms with Gasteiger partial charge in [0.2, 0.25) is 6.39 Å². The minimum Gasteiger partial charge on any atom is -0.343 e. The van der Waals surface area contributed by atoms with Crippen molar-refractivity contribution in [2.24, 2.45) is 0 Å². The Bertz CT molecular complexity index is 762. The molecular weight excluding hydrogens is 282 g/mol. The van der Waals surface area contributed by atoms with Gasteiger partial charge < -0.3 is 14.4 Å². The van der Waals surface area contributed by atoms with Crippen LogP contribution in [0.1, 0.15) is 35.2 Å². The number of carbonyl (C=O) groups is 1. The molecule has 1 atom stereocenters. The van der Waals surface area contributed by atoms with Crippen LogP contribution in [-0.2, 0) is 0 Å². The van der Waals surface area contributed by atoms with Gasteiger partial charge in [-0.05, 0) is 25.0 Å². The Hall–Kier alpha value is -2.70. The average Bonchev–Trinajstić information content (AvgIpc) is 3.23. The van der Waals surface area contributed by atoms with Gasteiger partial charge in [-0.2, -0.15) is 4.98 Å². The number of aromatic nitrogens is 4. The van der Waals surface area contributed by atoms with Crippen LogP contribution in [-0.4, -0.2) is 44.0 Å². The Balaban J connectivity index is 1.56. The van der Waals surface area contributed by atoms with Crippen LogP contribution >= 0.6 is 0 Å². The number of carbonyl (C=O) groups excluding carboxylic acids is 1. The first-order valence-corrected chi connectivity index (χ1v) is 7.31. The third-order valence-electron chi connectivity index (χ3n) is 4.04. The van der Waals surface area contributed by atoms with Gasteiger partial charge in [-0.25, -0.2) is 4.98 Å². The van der Waals surface area contributed by atoms with E-state index < -0.39 is 0 Å². The number of nitrogens with zero attached hydrogens (tertiary/aromatic N) is 4. The maximum Gasteiger partial charge on any atom is 0.289 e. The second-order valence-electron chi connectivity index (χ2n) is 5.48. The van der Waals surface area contributed by atoms with Gasteiger partial charge in [0.25, 0.3) is 5.91 Å². The van der Waals surface area contributed by atoms with Gasteiger partial charge in [0.15, 0.2) is 11.6 Å². The summed E-state index contributed by atoms with van der Waals surface area (Å²) in [5, 5.41) is 3.89. The average molecular weight is 297 g/mol. The van der Waals surface area contributed by atoms with Gasteiger partial charge in [-0.1, -0.05) is 17.3 Å². The lowest BCUT2D eigenvalue weighted by atomic mass is 9.97. The third-order valence-corrected chi connectivity index (χ3v) is 4.04. The molecule has 1 N–H and O–H groups in total. The van der Waals surface area contributed by atoms with Gasteiger partial charge in [0.1, 0.15) is 0 Å². The minimum absolute atomic E-state index is 0.0793. The second kappa shape index (κ2) is 5.25. The van der Waals surface area contributed by atoms with Gasteiger partial charge in [-0.15, -0.1) is 0 Å². The van der Waals surface area contributed by atoms with Crippen molar-refractivity contribution in [2.75, 3.05) is 13.1 Å². The van der Waals surface area contributed by atoms with E-state index >= 15 is 0 Å². The van der Waals surface area contributed by atoms with E-state index in [0.29, 0.717) is 18.2 Å². The number of amides is 1. The first-order chi connectivity index (χ1) is 10.8. The predicted molar refractivity (Wildman–Crippen MR) is 78.3 cm³/mol. The number of rotatable bonds is 2. The van der Waals surface area contributed by atoms with Crippen LogP contribution in [0, 0.1) is 0 Å². The zero-order valence-electron chi connectivity index (χ0n) is 11.9. The lowest BCUT2D eigenvalue weighted by Crippen LogP contribution is -2.39. The normalized spacial score (nSPS) is 18.7. The van der Waals surface area contributed by atoms with Crippen molar-refractivity contribution in [3.05, 3.63) is 42.3 Å². The van der Waals surface area contributed by atoms with E-state index in [0.717, 1.165) is 30.4 Å². The molecule has 1 fully saturated rings. The largest absolute Gasteiger partial charge is 0.343 e. The summed E-state index contributed by atoms with van der Waals surface area (Å²) in [6.45, 7) is 1.32. The van der Waals surface area contributed by atoms with E-state index in [2.05, 4.69) is 20.1 Å². The Kier molecular flexibility index (Phi) is 3.10. The molecule has 1 amide bonds. The number of aromatic amines is 1. The van der Waals surface area contributed by atoms with Crippen molar-refractivity contribution in [3.8, 4) is 0 Å². The molecule has 1 aliphatic heterocycles. The molecule has 0 bridgehead atoms. The lowest BCUT2D eigenvalue weighted by molar-refractivity contribution is 0.0692. The van der Waals surface area contributed by atoms with Crippen LogP contribution in [0.25, 0.3) is 11.0 Å². The van der Waals surface area contributed by atoms with Crippen LogP contribution in [0.4, 0.5) is 0 Å². The number of H-pyrrole nitrogens is 1. The monoisotopic (exact) mass is 297 g/mol. The van der Waals surface area contributed by atoms with E-state index in [1.165, 1.54) is 6.39 Å². The molecule has 0 aliphatic carbocycles. The maximum absolute atomic E-state index is 12.7. The van der Waals surface area contributed by atoms with Crippen molar-refractivity contribution >= 4 is 16.9 Å². The Morgan fingerprint density at radius 1 is 1.36 bits per heavy atom. The maximum atomic E-state index is 12.7. The van der Waals surface area contributed by atoms with Crippen molar-refractivity contribution in [3.63, 3.8) is 0 Å². The standard InChI is InChI=1S/C15H15N5O2/c21-15(14-17-11-5-1-2-6-12(11)18-14)20-7-3-4-10(8-20)13-16-9-22-19-13/h1-2,5-6,9-10H,3-4,7-8H2,(H,17,18). The number of imidazole rings is 1. The summed E-state index contributed by atoms with van der Waals surface area (Å²) in [6, 6.07) is 7.63. The Morgan fingerprint density at radius 3 is 3.09 bits per heavy atom. The van der Waals surface area contributed by atoms with Crippen LogP contribution < -0.4 is 0 Å². The molecule has 7 heteroatoms. The number of para-hydroxylation sites is 2. The number of benzene rings is 1. The molecule has 1 saturated heterocycles. The molecule has 2 aromatic heterocycles. The van der Waals surface area contributed by atoms with Crippen molar-refractivity contribution in [1.29, 1.82) is 0 Å². The Labute approximate surface area is 126 Å². The molecule has 1 unspecified atom stereocenters. The smallest absolute Gasteiger partial charge is 0.289 e. The highest BCUT2D eigenvalue weighted by atomic mass is 16.5. The Morgan fingerprint density at radius 2 is 2.27 bits per heavy atom. The molecule has 0 radical (unpaired) electrons. The number of hydrogen-bond donors (Lipinski definition) is 1. The van der Waals surface area contributed by atoms with Crippen LogP contribution in [0.2, 0.25) is 0 Å². The van der Waals surface area contributed by atoms with E-state index in [1.54, 1.807) is 0 Å². The molecule has 3 heterocycles. The van der Waals surface area contributed by atoms with Crippen LogP contribution in [0.3, 0.4) is 0 Å². The van der Waals surface area contributed by atoms with Crippen molar-refractivity contribution in [2.45, 2.75) is 18.8 Å². The number of nitrogens with one attached hydrogen (secondary N) is 1. The fourth-order valence-corrected chi connectivity index (χ4v) is 2.93. The highest BCUT2D eigenvalue weighted by Gasteiger charge is 2.29. The van der Waals surface area contributed by atoms with Crippen molar-refractivity contribution in [1.82, 2.24) is 25.0 Å². The van der Waals surface area contributed by atoms with Gasteiger partial charge in [0.05, 0.1) is 11.0 Å². The summed E-state index contributed by atoms with van der Waals surface area (Å²) in [4.78, 5) is 26.0. The molecule has 0 saturated carbocycles. The highest BCUT2D eigenvalue weighted by molar-refractivity contribution is 5.94. The van der Waals surface area contributed by atoms with Gasteiger partial charge in [-0.3, -0.25) is 4.79 Å². The van der Waals surface area contributed by atoms with E-state index in [-0.39, 0.29) is 11.8 Å². The first-order valence-electron chi connectivity index (χ1n) is 7.31. The fraction of sp³-hybridized carbons (Fsp3) is 0.333. The molecule has 1 aliphatic rings. The molecule has 112 valence electrons. The van der Waals surface area contributed by atoms with E-state index in [9.17, 15) is 4.79 Å². The van der Waals surface area contributed by atoms with Crippen molar-refractivity contribution < 1.29 is 9.32 Å². The predicted octanol–water partition coefficient (Wildman–Crippen LogP) is 1.97. The third kappa shape index (κ3) is 2.24. The quantitative estimate of drug-likeness (QED) is 0.781. The van der Waals surface area contributed by atoms with Crippen LogP contribution in [0.5, 0.6) is 0 Å². The molecule has 3 aromatic rings. The number of fused-ring (bicyclic) bond motifs is 1. The number of hydrogen-bond acceptors (Lipinski definition) is 5. The summed E-state index contributed by atoms with van der Waals surface area (Å²) < 4.78 is 4.80. The highest BCUT2D eigenvalue weighted by Crippen LogP contribution is 2.25. The molecule has 4 rings (SSSR count). The lowest BCUT2D eigenvalue weighted by Gasteiger charge is -2.30. The number of piperidine rings is 1. The molecule has 1 aromatic carbocycles. The van der Waals surface area contributed by atoms with Gasteiger partial charge >= 0.3 is 0 Å². The SMILES string of the molecule is O=C(c1nc2ccccc2[nH]1)N1CCCC(c2ncon2)C1. The van der Waals surface area contributed by atoms with E-state index in [1.807, 2.05) is 29.2 Å². The topological polar surface area (TPSA) is 87.9 Å². The minimum atomic E-state index is -0.0793. The molecule has 22 heavy (non-hydrogen) atoms. The van der Waals surface area contributed by atoms with Crippen LogP contribution in [0.15, 0.2) is 35.2 Å². The van der Waals surface area contributed by atoms with Gasteiger partial charge in [0, 0.05) is 19.0 Å². The summed E-state index contributed by atoms with van der Waals surface area (Å²) in [5.41, 5.74) is 1.68. The van der Waals surface area contributed by atoms with E-state index in [4.69, 9.17) is 4.52 Å². The molecule has 7 nitrogen and oxygen atoms in total. The summed E-state index contributed by atoms with van der Waals surface area (Å²) >= 11 is 0. The fourth-order valence-electron chi connectivity index (χ4n) is 2.93. The zero-order valence-corrected chi connectivity index (χ0v) is 11.9. The summed E-state index contributed by atoms with van der Waals surface area (Å²) in [7, 11) is 0.